The van der Waals surface area contributed by atoms with E-state index in [2.05, 4.69) is 5.10 Å². The van der Waals surface area contributed by atoms with Gasteiger partial charge in [-0.05, 0) is 31.9 Å². The number of rotatable bonds is 7. The number of carbonyl (C=O) groups is 1. The number of sulfone groups is 1. The quantitative estimate of drug-likeness (QED) is 0.622. The molecule has 0 spiro atoms. The number of amides is 1. The molecule has 0 bridgehead atoms. The van der Waals surface area contributed by atoms with Crippen LogP contribution in [-0.4, -0.2) is 68.8 Å². The summed E-state index contributed by atoms with van der Waals surface area (Å²) in [5.41, 5.74) is 3.42. The summed E-state index contributed by atoms with van der Waals surface area (Å²) in [5, 5.41) is 4.33. The van der Waals surface area contributed by atoms with Gasteiger partial charge in [-0.1, -0.05) is 0 Å². The number of carbonyl (C=O) groups excluding carboxylic acids is 1. The summed E-state index contributed by atoms with van der Waals surface area (Å²) in [5.74, 6) is 0.730. The molecule has 1 amide bonds. The van der Waals surface area contributed by atoms with Gasteiger partial charge in [-0.25, -0.2) is 13.2 Å². The lowest BCUT2D eigenvalue weighted by Gasteiger charge is -2.36. The minimum Gasteiger partial charge on any atom is -0.490 e. The summed E-state index contributed by atoms with van der Waals surface area (Å²) in [6.45, 7) is 3.46. The van der Waals surface area contributed by atoms with Crippen molar-refractivity contribution in [1.82, 2.24) is 9.78 Å². The standard InChI is InChI=1S/C22H29N3O6S/c1-15-4-5-19-20(25(15)22(26)29-2)7-6-18(21(19)31-14-17-8-10-30-17)16-12-23-24(13-16)9-11-32(3,27)28/h6-7,12-13,15,17H,4-5,8-11,14H2,1-3H3/t15-,17?/m0/s1. The molecule has 2 aliphatic rings. The molecule has 0 radical (unpaired) electrons. The van der Waals surface area contributed by atoms with Crippen LogP contribution in [-0.2, 0) is 32.3 Å². The van der Waals surface area contributed by atoms with Crippen molar-refractivity contribution in [2.24, 2.45) is 0 Å². The van der Waals surface area contributed by atoms with Gasteiger partial charge in [0.1, 0.15) is 22.2 Å². The molecule has 1 saturated heterocycles. The Balaban J connectivity index is 1.70. The number of aromatic nitrogens is 2. The third-order valence-corrected chi connectivity index (χ3v) is 6.89. The Bertz CT molecular complexity index is 1090. The van der Waals surface area contributed by atoms with E-state index in [9.17, 15) is 13.2 Å². The van der Waals surface area contributed by atoms with Crippen LogP contribution in [0.5, 0.6) is 5.75 Å². The highest BCUT2D eigenvalue weighted by molar-refractivity contribution is 7.90. The average molecular weight is 464 g/mol. The molecular formula is C22H29N3O6S. The molecule has 2 aromatic rings. The lowest BCUT2D eigenvalue weighted by molar-refractivity contribution is -0.0721. The fraction of sp³-hybridized carbons (Fsp3) is 0.545. The topological polar surface area (TPSA) is 100.0 Å². The fourth-order valence-corrected chi connectivity index (χ4v) is 4.57. The van der Waals surface area contributed by atoms with Gasteiger partial charge in [0, 0.05) is 48.2 Å². The van der Waals surface area contributed by atoms with Crippen molar-refractivity contribution < 1.29 is 27.4 Å². The number of hydrogen-bond donors (Lipinski definition) is 0. The first kappa shape index (κ1) is 22.6. The Hall–Kier alpha value is -2.59. The monoisotopic (exact) mass is 463 g/mol. The SMILES string of the molecule is COC(=O)N1c2ccc(-c3cnn(CCS(C)(=O)=O)c3)c(OCC3CCO3)c2CC[C@@H]1C. The minimum atomic E-state index is -3.08. The van der Waals surface area contributed by atoms with Gasteiger partial charge < -0.3 is 14.2 Å². The van der Waals surface area contributed by atoms with Gasteiger partial charge in [0.25, 0.3) is 0 Å². The summed E-state index contributed by atoms with van der Waals surface area (Å²) in [4.78, 5) is 14.1. The van der Waals surface area contributed by atoms with Crippen molar-refractivity contribution in [1.29, 1.82) is 0 Å². The maximum atomic E-state index is 12.5. The maximum Gasteiger partial charge on any atom is 0.414 e. The first-order chi connectivity index (χ1) is 15.3. The van der Waals surface area contributed by atoms with Gasteiger partial charge in [0.2, 0.25) is 0 Å². The predicted octanol–water partition coefficient (Wildman–Crippen LogP) is 2.67. The van der Waals surface area contributed by atoms with Gasteiger partial charge in [-0.15, -0.1) is 0 Å². The number of fused-ring (bicyclic) bond motifs is 1. The molecule has 2 aliphatic heterocycles. The molecule has 174 valence electrons. The van der Waals surface area contributed by atoms with E-state index in [-0.39, 0.29) is 24.4 Å². The van der Waals surface area contributed by atoms with E-state index in [0.717, 1.165) is 48.2 Å². The minimum absolute atomic E-state index is 0.0161. The van der Waals surface area contributed by atoms with Crippen LogP contribution in [0.25, 0.3) is 11.1 Å². The van der Waals surface area contributed by atoms with Crippen molar-refractivity contribution >= 4 is 21.6 Å². The smallest absolute Gasteiger partial charge is 0.414 e. The second kappa shape index (κ2) is 9.11. The zero-order valence-corrected chi connectivity index (χ0v) is 19.4. The number of anilines is 1. The van der Waals surface area contributed by atoms with Crippen molar-refractivity contribution in [2.45, 2.75) is 44.9 Å². The Labute approximate surface area is 188 Å². The zero-order valence-electron chi connectivity index (χ0n) is 18.6. The summed E-state index contributed by atoms with van der Waals surface area (Å²) < 4.78 is 41.4. The highest BCUT2D eigenvalue weighted by Crippen LogP contribution is 2.43. The highest BCUT2D eigenvalue weighted by Gasteiger charge is 2.32. The van der Waals surface area contributed by atoms with Crippen LogP contribution in [0.1, 0.15) is 25.3 Å². The van der Waals surface area contributed by atoms with E-state index in [1.54, 1.807) is 15.8 Å². The van der Waals surface area contributed by atoms with E-state index in [0.29, 0.717) is 12.4 Å². The molecule has 0 aliphatic carbocycles. The third-order valence-electron chi connectivity index (χ3n) is 5.96. The number of hydrogen-bond acceptors (Lipinski definition) is 7. The Morgan fingerprint density at radius 2 is 2.09 bits per heavy atom. The lowest BCUT2D eigenvalue weighted by atomic mass is 9.92. The molecule has 1 aromatic heterocycles. The molecule has 32 heavy (non-hydrogen) atoms. The van der Waals surface area contributed by atoms with Crippen LogP contribution in [0.2, 0.25) is 0 Å². The second-order valence-corrected chi connectivity index (χ2v) is 10.6. The van der Waals surface area contributed by atoms with Crippen LogP contribution in [0.15, 0.2) is 24.5 Å². The molecule has 10 heteroatoms. The van der Waals surface area contributed by atoms with E-state index in [1.807, 2.05) is 25.3 Å². The Morgan fingerprint density at radius 1 is 1.31 bits per heavy atom. The van der Waals surface area contributed by atoms with E-state index in [1.165, 1.54) is 13.4 Å². The number of nitrogens with zero attached hydrogens (tertiary/aromatic N) is 3. The molecule has 1 unspecified atom stereocenters. The summed E-state index contributed by atoms with van der Waals surface area (Å²) in [6, 6.07) is 3.85. The van der Waals surface area contributed by atoms with Gasteiger partial charge in [-0.2, -0.15) is 5.10 Å². The predicted molar refractivity (Wildman–Crippen MR) is 120 cm³/mol. The normalized spacial score (nSPS) is 20.4. The van der Waals surface area contributed by atoms with Gasteiger partial charge >= 0.3 is 6.09 Å². The maximum absolute atomic E-state index is 12.5. The largest absolute Gasteiger partial charge is 0.490 e. The van der Waals surface area contributed by atoms with Gasteiger partial charge in [0.05, 0.1) is 37.4 Å². The lowest BCUT2D eigenvalue weighted by Crippen LogP contribution is -2.42. The van der Waals surface area contributed by atoms with Crippen LogP contribution in [0.3, 0.4) is 0 Å². The van der Waals surface area contributed by atoms with Gasteiger partial charge in [-0.3, -0.25) is 9.58 Å². The molecule has 3 heterocycles. The molecule has 2 atom stereocenters. The van der Waals surface area contributed by atoms with Crippen LogP contribution < -0.4 is 9.64 Å². The van der Waals surface area contributed by atoms with Crippen molar-refractivity contribution in [3.63, 3.8) is 0 Å². The molecule has 0 saturated carbocycles. The van der Waals surface area contributed by atoms with Gasteiger partial charge in [0.15, 0.2) is 0 Å². The molecule has 1 fully saturated rings. The molecule has 4 rings (SSSR count). The summed E-state index contributed by atoms with van der Waals surface area (Å²) >= 11 is 0. The number of aryl methyl sites for hydroxylation is 1. The Kier molecular flexibility index (Phi) is 6.43. The fourth-order valence-electron chi connectivity index (χ4n) is 4.05. The van der Waals surface area contributed by atoms with Crippen molar-refractivity contribution in [3.8, 4) is 16.9 Å². The van der Waals surface area contributed by atoms with E-state index >= 15 is 0 Å². The van der Waals surface area contributed by atoms with Crippen molar-refractivity contribution in [3.05, 3.63) is 30.1 Å². The highest BCUT2D eigenvalue weighted by atomic mass is 32.2. The van der Waals surface area contributed by atoms with Crippen LogP contribution in [0.4, 0.5) is 10.5 Å². The van der Waals surface area contributed by atoms with Crippen LogP contribution >= 0.6 is 0 Å². The van der Waals surface area contributed by atoms with Crippen LogP contribution in [0, 0.1) is 0 Å². The molecule has 9 nitrogen and oxygen atoms in total. The first-order valence-electron chi connectivity index (χ1n) is 10.7. The zero-order chi connectivity index (χ0) is 22.9. The van der Waals surface area contributed by atoms with E-state index in [4.69, 9.17) is 14.2 Å². The third kappa shape index (κ3) is 4.75. The summed E-state index contributed by atoms with van der Waals surface area (Å²) in [6.07, 6.45) is 6.92. The summed E-state index contributed by atoms with van der Waals surface area (Å²) in [7, 11) is -1.70. The van der Waals surface area contributed by atoms with E-state index < -0.39 is 15.9 Å². The second-order valence-electron chi connectivity index (χ2n) is 8.38. The number of ether oxygens (including phenoxy) is 3. The molecule has 1 aromatic carbocycles. The number of benzene rings is 1. The van der Waals surface area contributed by atoms with Crippen molar-refractivity contribution in [2.75, 3.05) is 37.2 Å². The molecule has 0 N–H and O–H groups in total. The Morgan fingerprint density at radius 3 is 2.75 bits per heavy atom. The first-order valence-corrected chi connectivity index (χ1v) is 12.8. The number of methoxy groups -OCH3 is 1. The average Bonchev–Trinajstić information content (AvgIpc) is 3.19. The molecular weight excluding hydrogens is 434 g/mol.